The lowest BCUT2D eigenvalue weighted by Crippen LogP contribution is -2.32. The van der Waals surface area contributed by atoms with Crippen LogP contribution in [0, 0.1) is 5.92 Å². The molecule has 3 rings (SSSR count). The summed E-state index contributed by atoms with van der Waals surface area (Å²) in [5, 5.41) is 3.57. The summed E-state index contributed by atoms with van der Waals surface area (Å²) >= 11 is 0. The van der Waals surface area contributed by atoms with Crippen LogP contribution in [-0.4, -0.2) is 12.7 Å². The Labute approximate surface area is 83.3 Å². The van der Waals surface area contributed by atoms with Crippen LogP contribution in [0.1, 0.15) is 13.3 Å². The first-order valence-corrected chi connectivity index (χ1v) is 4.98. The second-order valence-corrected chi connectivity index (χ2v) is 4.07. The van der Waals surface area contributed by atoms with Gasteiger partial charge in [-0.15, -0.1) is 0 Å². The van der Waals surface area contributed by atoms with E-state index in [4.69, 9.17) is 0 Å². The van der Waals surface area contributed by atoms with E-state index in [1.54, 1.807) is 0 Å². The SMILES string of the molecule is CC1CCN2c3ccccc3NC12.F. The molecule has 1 aromatic carbocycles. The van der Waals surface area contributed by atoms with Crippen LogP contribution in [-0.2, 0) is 0 Å². The molecule has 0 spiro atoms. The highest BCUT2D eigenvalue weighted by Crippen LogP contribution is 2.40. The Balaban J connectivity index is 0.000000750. The van der Waals surface area contributed by atoms with E-state index in [1.807, 2.05) is 0 Å². The molecule has 14 heavy (non-hydrogen) atoms. The quantitative estimate of drug-likeness (QED) is 0.682. The molecule has 2 aliphatic heterocycles. The predicted octanol–water partition coefficient (Wildman–Crippen LogP) is 2.44. The third-order valence-electron chi connectivity index (χ3n) is 3.22. The Morgan fingerprint density at radius 1 is 1.36 bits per heavy atom. The van der Waals surface area contributed by atoms with Crippen molar-refractivity contribution in [2.24, 2.45) is 5.92 Å². The van der Waals surface area contributed by atoms with Gasteiger partial charge in [0.2, 0.25) is 0 Å². The van der Waals surface area contributed by atoms with Crippen LogP contribution in [0.2, 0.25) is 0 Å². The topological polar surface area (TPSA) is 15.3 Å². The third-order valence-corrected chi connectivity index (χ3v) is 3.22. The van der Waals surface area contributed by atoms with Crippen LogP contribution in [0.3, 0.4) is 0 Å². The van der Waals surface area contributed by atoms with Crippen LogP contribution >= 0.6 is 0 Å². The summed E-state index contributed by atoms with van der Waals surface area (Å²) in [4.78, 5) is 2.49. The highest BCUT2D eigenvalue weighted by molar-refractivity contribution is 5.76. The summed E-state index contributed by atoms with van der Waals surface area (Å²) < 4.78 is 0. The zero-order valence-corrected chi connectivity index (χ0v) is 8.23. The molecule has 2 aliphatic rings. The zero-order chi connectivity index (χ0) is 8.84. The number of para-hydroxylation sites is 2. The van der Waals surface area contributed by atoms with Gasteiger partial charge in [0.25, 0.3) is 0 Å². The minimum atomic E-state index is 0. The number of hydrogen-bond acceptors (Lipinski definition) is 2. The van der Waals surface area contributed by atoms with E-state index in [2.05, 4.69) is 41.4 Å². The molecular weight excluding hydrogens is 179 g/mol. The van der Waals surface area contributed by atoms with Crippen molar-refractivity contribution < 1.29 is 4.70 Å². The van der Waals surface area contributed by atoms with Crippen molar-refractivity contribution in [3.05, 3.63) is 24.3 Å². The van der Waals surface area contributed by atoms with Gasteiger partial charge in [-0.2, -0.15) is 0 Å². The van der Waals surface area contributed by atoms with Gasteiger partial charge in [-0.25, -0.2) is 0 Å². The van der Waals surface area contributed by atoms with E-state index in [0.29, 0.717) is 6.17 Å². The fourth-order valence-electron chi connectivity index (χ4n) is 2.44. The van der Waals surface area contributed by atoms with Crippen molar-refractivity contribution >= 4 is 11.4 Å². The fraction of sp³-hybridized carbons (Fsp3) is 0.455. The molecule has 0 saturated carbocycles. The van der Waals surface area contributed by atoms with E-state index in [1.165, 1.54) is 24.3 Å². The summed E-state index contributed by atoms with van der Waals surface area (Å²) in [5.41, 5.74) is 2.69. The van der Waals surface area contributed by atoms with E-state index in [-0.39, 0.29) is 4.70 Å². The summed E-state index contributed by atoms with van der Waals surface area (Å²) in [7, 11) is 0. The number of nitrogens with one attached hydrogen (secondary N) is 1. The minimum absolute atomic E-state index is 0. The van der Waals surface area contributed by atoms with Gasteiger partial charge in [0, 0.05) is 6.54 Å². The van der Waals surface area contributed by atoms with Gasteiger partial charge in [-0.05, 0) is 24.5 Å². The molecule has 1 aromatic rings. The van der Waals surface area contributed by atoms with Crippen LogP contribution in [0.4, 0.5) is 16.1 Å². The minimum Gasteiger partial charge on any atom is -0.363 e. The molecule has 0 aromatic heterocycles. The maximum Gasteiger partial charge on any atom is 0.102 e. The second kappa shape index (κ2) is 3.15. The number of rotatable bonds is 0. The number of halogens is 1. The highest BCUT2D eigenvalue weighted by Gasteiger charge is 2.36. The Morgan fingerprint density at radius 3 is 3.00 bits per heavy atom. The lowest BCUT2D eigenvalue weighted by molar-refractivity contribution is 0.566. The molecule has 2 heterocycles. The van der Waals surface area contributed by atoms with Gasteiger partial charge in [0.15, 0.2) is 0 Å². The molecule has 76 valence electrons. The molecule has 2 atom stereocenters. The molecule has 1 saturated heterocycles. The van der Waals surface area contributed by atoms with Crippen molar-refractivity contribution in [2.45, 2.75) is 19.5 Å². The lowest BCUT2D eigenvalue weighted by Gasteiger charge is -2.19. The summed E-state index contributed by atoms with van der Waals surface area (Å²) in [6.07, 6.45) is 1.86. The van der Waals surface area contributed by atoms with Gasteiger partial charge in [-0.3, -0.25) is 4.70 Å². The molecule has 2 unspecified atom stereocenters. The first-order chi connectivity index (χ1) is 6.36. The van der Waals surface area contributed by atoms with Crippen LogP contribution in [0.5, 0.6) is 0 Å². The molecule has 2 nitrogen and oxygen atoms in total. The molecule has 0 aliphatic carbocycles. The molecular formula is C11H15FN2. The van der Waals surface area contributed by atoms with Crippen LogP contribution in [0.25, 0.3) is 0 Å². The van der Waals surface area contributed by atoms with Crippen molar-refractivity contribution in [1.29, 1.82) is 0 Å². The maximum absolute atomic E-state index is 3.57. The van der Waals surface area contributed by atoms with E-state index in [0.717, 1.165) is 5.92 Å². The monoisotopic (exact) mass is 194 g/mol. The first-order valence-electron chi connectivity index (χ1n) is 4.98. The van der Waals surface area contributed by atoms with E-state index < -0.39 is 0 Å². The number of fused-ring (bicyclic) bond motifs is 3. The first kappa shape index (κ1) is 9.31. The van der Waals surface area contributed by atoms with Crippen LogP contribution < -0.4 is 10.2 Å². The Morgan fingerprint density at radius 2 is 2.14 bits per heavy atom. The van der Waals surface area contributed by atoms with Crippen LogP contribution in [0.15, 0.2) is 24.3 Å². The standard InChI is InChI=1S/C11H14N2.FH/c1-8-6-7-13-10-5-3-2-4-9(10)12-11(8)13;/h2-5,8,11-12H,6-7H2,1H3;1H. The number of anilines is 2. The van der Waals surface area contributed by atoms with Gasteiger partial charge < -0.3 is 10.2 Å². The third kappa shape index (κ3) is 1.08. The van der Waals surface area contributed by atoms with Crippen molar-refractivity contribution in [3.63, 3.8) is 0 Å². The number of nitrogens with zero attached hydrogens (tertiary/aromatic N) is 1. The molecule has 3 heteroatoms. The average molecular weight is 194 g/mol. The zero-order valence-electron chi connectivity index (χ0n) is 8.23. The Hall–Kier alpha value is -1.25. The molecule has 1 fully saturated rings. The van der Waals surface area contributed by atoms with Crippen molar-refractivity contribution in [3.8, 4) is 0 Å². The summed E-state index contributed by atoms with van der Waals surface area (Å²) in [6, 6.07) is 8.59. The van der Waals surface area contributed by atoms with Gasteiger partial charge in [-0.1, -0.05) is 19.1 Å². The van der Waals surface area contributed by atoms with Gasteiger partial charge in [0.05, 0.1) is 11.4 Å². The van der Waals surface area contributed by atoms with Gasteiger partial charge in [0.1, 0.15) is 6.17 Å². The number of hydrogen-bond donors (Lipinski definition) is 1. The Bertz CT molecular complexity index is 340. The predicted molar refractivity (Wildman–Crippen MR) is 57.5 cm³/mol. The van der Waals surface area contributed by atoms with Crippen molar-refractivity contribution in [2.75, 3.05) is 16.8 Å². The molecule has 0 bridgehead atoms. The largest absolute Gasteiger partial charge is 0.363 e. The van der Waals surface area contributed by atoms with E-state index in [9.17, 15) is 0 Å². The van der Waals surface area contributed by atoms with E-state index >= 15 is 0 Å². The highest BCUT2D eigenvalue weighted by atomic mass is 19.0. The lowest BCUT2D eigenvalue weighted by atomic mass is 10.1. The summed E-state index contributed by atoms with van der Waals surface area (Å²) in [6.45, 7) is 3.53. The van der Waals surface area contributed by atoms with Gasteiger partial charge >= 0.3 is 0 Å². The summed E-state index contributed by atoms with van der Waals surface area (Å²) in [5.74, 6) is 0.771. The molecule has 0 radical (unpaired) electrons. The van der Waals surface area contributed by atoms with Crippen molar-refractivity contribution in [1.82, 2.24) is 0 Å². The normalized spacial score (nSPS) is 27.6. The number of benzene rings is 1. The molecule has 0 amide bonds. The average Bonchev–Trinajstić information content (AvgIpc) is 2.67. The Kier molecular flexibility index (Phi) is 2.10. The second-order valence-electron chi connectivity index (χ2n) is 4.07. The maximum atomic E-state index is 3.57. The smallest absolute Gasteiger partial charge is 0.102 e. The fourth-order valence-corrected chi connectivity index (χ4v) is 2.44. The molecule has 1 N–H and O–H groups in total.